The first kappa shape index (κ1) is 23.1. The van der Waals surface area contributed by atoms with Crippen LogP contribution in [0.3, 0.4) is 0 Å². The van der Waals surface area contributed by atoms with Crippen LogP contribution in [0.15, 0.2) is 24.3 Å². The van der Waals surface area contributed by atoms with Crippen molar-refractivity contribution in [3.8, 4) is 5.75 Å². The van der Waals surface area contributed by atoms with Gasteiger partial charge < -0.3 is 4.74 Å². The topological polar surface area (TPSA) is 55.8 Å². The maximum atomic E-state index is 11.2. The summed E-state index contributed by atoms with van der Waals surface area (Å²) in [5, 5.41) is 0. The quantitative estimate of drug-likeness (QED) is 0.265. The highest BCUT2D eigenvalue weighted by molar-refractivity contribution is 7.32. The third-order valence-corrected chi connectivity index (χ3v) is 5.55. The molecule has 5 heteroatoms. The van der Waals surface area contributed by atoms with E-state index in [1.807, 2.05) is 38.1 Å². The zero-order valence-corrected chi connectivity index (χ0v) is 17.6. The first-order valence-corrected chi connectivity index (χ1v) is 11.3. The van der Waals surface area contributed by atoms with Crippen molar-refractivity contribution in [3.05, 3.63) is 29.8 Å². The third kappa shape index (κ3) is 8.16. The number of hydrogen-bond acceptors (Lipinski definition) is 3. The molecule has 0 aliphatic heterocycles. The van der Waals surface area contributed by atoms with Crippen LogP contribution < -0.4 is 4.74 Å². The van der Waals surface area contributed by atoms with Crippen LogP contribution in [0.2, 0.25) is 0 Å². The molecular formula is C21H36O4P+. The van der Waals surface area contributed by atoms with Crippen LogP contribution in [0.1, 0.15) is 90.5 Å². The van der Waals surface area contributed by atoms with Crippen molar-refractivity contribution in [2.75, 3.05) is 6.61 Å². The lowest BCUT2D eigenvalue weighted by molar-refractivity contribution is 0.0535. The molecule has 0 radical (unpaired) electrons. The molecule has 0 aliphatic rings. The van der Waals surface area contributed by atoms with Crippen molar-refractivity contribution in [1.29, 1.82) is 0 Å². The summed E-state index contributed by atoms with van der Waals surface area (Å²) in [6.45, 7) is 6.92. The second kappa shape index (κ2) is 13.2. The normalized spacial score (nSPS) is 12.2. The average Bonchev–Trinajstić information content (AvgIpc) is 2.65. The van der Waals surface area contributed by atoms with E-state index in [4.69, 9.17) is 9.26 Å². The Morgan fingerprint density at radius 1 is 0.885 bits per heavy atom. The van der Waals surface area contributed by atoms with Crippen molar-refractivity contribution < 1.29 is 18.7 Å². The van der Waals surface area contributed by atoms with Gasteiger partial charge >= 0.3 is 8.25 Å². The fourth-order valence-electron chi connectivity index (χ4n) is 3.27. The number of unbranched alkanes of at least 4 members (excludes halogenated alkanes) is 7. The fraction of sp³-hybridized carbons (Fsp3) is 0.714. The van der Waals surface area contributed by atoms with Crippen LogP contribution in [-0.2, 0) is 14.7 Å². The summed E-state index contributed by atoms with van der Waals surface area (Å²) in [6.07, 6.45) is 11.6. The smallest absolute Gasteiger partial charge is 0.494 e. The van der Waals surface area contributed by atoms with Crippen LogP contribution >= 0.6 is 8.25 Å². The van der Waals surface area contributed by atoms with Gasteiger partial charge in [-0.15, -0.1) is 9.42 Å². The van der Waals surface area contributed by atoms with Gasteiger partial charge in [-0.2, -0.15) is 0 Å². The zero-order valence-electron chi connectivity index (χ0n) is 16.7. The molecule has 1 N–H and O–H groups in total. The minimum atomic E-state index is -2.63. The summed E-state index contributed by atoms with van der Waals surface area (Å²) >= 11 is 0. The first-order chi connectivity index (χ1) is 12.6. The standard InChI is InChI=1S/C21H35O4P/c1-4-7-8-9-10-11-12-13-18-24-20-16-14-19(15-17-20)21(5-2,6-3)25-26(22)23/h14-17H,4-13,18H2,1-3H3/p+1. The summed E-state index contributed by atoms with van der Waals surface area (Å²) in [5.74, 6) is 0.839. The van der Waals surface area contributed by atoms with Crippen LogP contribution in [0.25, 0.3) is 0 Å². The van der Waals surface area contributed by atoms with E-state index in [0.717, 1.165) is 24.3 Å². The molecule has 0 bridgehead atoms. The van der Waals surface area contributed by atoms with Crippen molar-refractivity contribution in [2.24, 2.45) is 0 Å². The Balaban J connectivity index is 2.37. The van der Waals surface area contributed by atoms with E-state index in [2.05, 4.69) is 6.92 Å². The highest BCUT2D eigenvalue weighted by atomic mass is 31.1. The molecule has 0 amide bonds. The van der Waals surface area contributed by atoms with E-state index >= 15 is 0 Å². The molecule has 1 rings (SSSR count). The molecule has 1 aromatic carbocycles. The first-order valence-electron chi connectivity index (χ1n) is 10.2. The van der Waals surface area contributed by atoms with E-state index in [9.17, 15) is 9.46 Å². The molecule has 148 valence electrons. The minimum absolute atomic E-state index is 0.642. The number of hydrogen-bond donors (Lipinski definition) is 1. The molecule has 0 fully saturated rings. The van der Waals surface area contributed by atoms with Gasteiger partial charge in [-0.05, 0) is 37.0 Å². The Labute approximate surface area is 160 Å². The number of rotatable bonds is 15. The highest BCUT2D eigenvalue weighted by Gasteiger charge is 2.39. The molecule has 0 heterocycles. The van der Waals surface area contributed by atoms with Gasteiger partial charge in [0, 0.05) is 4.57 Å². The molecule has 0 saturated heterocycles. The second-order valence-corrected chi connectivity index (χ2v) is 7.54. The Bertz CT molecular complexity index is 497. The van der Waals surface area contributed by atoms with Crippen molar-refractivity contribution in [2.45, 2.75) is 90.6 Å². The maximum Gasteiger partial charge on any atom is 0.695 e. The summed E-state index contributed by atoms with van der Waals surface area (Å²) in [4.78, 5) is 9.18. The largest absolute Gasteiger partial charge is 0.695 e. The molecule has 1 aromatic rings. The molecule has 1 atom stereocenters. The Hall–Kier alpha value is -0.960. The van der Waals surface area contributed by atoms with E-state index in [-0.39, 0.29) is 0 Å². The molecule has 4 nitrogen and oxygen atoms in total. The van der Waals surface area contributed by atoms with Gasteiger partial charge in [-0.1, -0.05) is 77.8 Å². The van der Waals surface area contributed by atoms with Gasteiger partial charge in [0.2, 0.25) is 0 Å². The lowest BCUT2D eigenvalue weighted by Gasteiger charge is -2.25. The van der Waals surface area contributed by atoms with Crippen LogP contribution in [0.5, 0.6) is 5.75 Å². The predicted octanol–water partition coefficient (Wildman–Crippen LogP) is 6.89. The molecular weight excluding hydrogens is 347 g/mol. The lowest BCUT2D eigenvalue weighted by Crippen LogP contribution is -2.25. The van der Waals surface area contributed by atoms with Crippen LogP contribution in [-0.4, -0.2) is 11.5 Å². The summed E-state index contributed by atoms with van der Waals surface area (Å²) in [6, 6.07) is 7.73. The Kier molecular flexibility index (Phi) is 11.8. The van der Waals surface area contributed by atoms with Crippen molar-refractivity contribution >= 4 is 8.25 Å². The fourth-order valence-corrected chi connectivity index (χ4v) is 3.93. The molecule has 0 saturated carbocycles. The molecule has 0 spiro atoms. The molecule has 1 unspecified atom stereocenters. The van der Waals surface area contributed by atoms with Gasteiger partial charge in [-0.25, -0.2) is 0 Å². The van der Waals surface area contributed by atoms with Crippen LogP contribution in [0, 0.1) is 0 Å². The molecule has 0 aromatic heterocycles. The summed E-state index contributed by atoms with van der Waals surface area (Å²) < 4.78 is 22.3. The van der Waals surface area contributed by atoms with Gasteiger partial charge in [-0.3, -0.25) is 0 Å². The Morgan fingerprint density at radius 2 is 1.42 bits per heavy atom. The summed E-state index contributed by atoms with van der Waals surface area (Å²) in [7, 11) is -2.63. The van der Waals surface area contributed by atoms with Gasteiger partial charge in [0.05, 0.1) is 6.61 Å². The molecule has 26 heavy (non-hydrogen) atoms. The van der Waals surface area contributed by atoms with Crippen molar-refractivity contribution in [1.82, 2.24) is 0 Å². The monoisotopic (exact) mass is 383 g/mol. The predicted molar refractivity (Wildman–Crippen MR) is 108 cm³/mol. The number of benzene rings is 1. The second-order valence-electron chi connectivity index (χ2n) is 6.88. The minimum Gasteiger partial charge on any atom is -0.494 e. The SMILES string of the molecule is CCCCCCCCCCOc1ccc(C(CC)(CC)O[P+](=O)O)cc1. The summed E-state index contributed by atoms with van der Waals surface area (Å²) in [5.41, 5.74) is 0.206. The Morgan fingerprint density at radius 3 is 1.92 bits per heavy atom. The van der Waals surface area contributed by atoms with Crippen molar-refractivity contribution in [3.63, 3.8) is 0 Å². The third-order valence-electron chi connectivity index (χ3n) is 5.04. The van der Waals surface area contributed by atoms with Crippen LogP contribution in [0.4, 0.5) is 0 Å². The van der Waals surface area contributed by atoms with E-state index < -0.39 is 13.9 Å². The molecule has 0 aliphatic carbocycles. The lowest BCUT2D eigenvalue weighted by atomic mass is 9.89. The van der Waals surface area contributed by atoms with Gasteiger partial charge in [0.1, 0.15) is 5.75 Å². The maximum absolute atomic E-state index is 11.2. The van der Waals surface area contributed by atoms with E-state index in [0.29, 0.717) is 12.8 Å². The zero-order chi connectivity index (χ0) is 19.3. The number of ether oxygens (including phenoxy) is 1. The van der Waals surface area contributed by atoms with Gasteiger partial charge in [0.25, 0.3) is 0 Å². The average molecular weight is 383 g/mol. The van der Waals surface area contributed by atoms with Gasteiger partial charge in [0.15, 0.2) is 5.60 Å². The van der Waals surface area contributed by atoms with E-state index in [1.54, 1.807) is 0 Å². The van der Waals surface area contributed by atoms with E-state index in [1.165, 1.54) is 44.9 Å². The highest BCUT2D eigenvalue weighted by Crippen LogP contribution is 2.40.